The Bertz CT molecular complexity index is 2040. The number of ether oxygens (including phenoxy) is 8. The Balaban J connectivity index is 0.745. The lowest BCUT2D eigenvalue weighted by molar-refractivity contribution is -0.211. The summed E-state index contributed by atoms with van der Waals surface area (Å²) in [4.78, 5) is 45.1. The molecular formula is C44H54N2O12. The minimum Gasteiger partial charge on any atom is -0.493 e. The zero-order valence-corrected chi connectivity index (χ0v) is 33.8. The van der Waals surface area contributed by atoms with Crippen molar-refractivity contribution in [1.82, 2.24) is 9.80 Å². The maximum absolute atomic E-state index is 13.5. The number of carbonyl (C=O) groups excluding carboxylic acids is 3. The van der Waals surface area contributed by atoms with Crippen LogP contribution in [0.2, 0.25) is 0 Å². The zero-order chi connectivity index (χ0) is 40.2. The second kappa shape index (κ2) is 13.6. The summed E-state index contributed by atoms with van der Waals surface area (Å²) in [5.41, 5.74) is 0.826. The van der Waals surface area contributed by atoms with Gasteiger partial charge in [0.1, 0.15) is 17.3 Å². The van der Waals surface area contributed by atoms with Gasteiger partial charge in [0.15, 0.2) is 34.9 Å². The Kier molecular flexibility index (Phi) is 8.92. The number of carbonyl (C=O) groups is 3. The molecule has 0 radical (unpaired) electrons. The lowest BCUT2D eigenvalue weighted by Crippen LogP contribution is -2.77. The largest absolute Gasteiger partial charge is 0.508 e. The average molecular weight is 803 g/mol. The predicted molar refractivity (Wildman–Crippen MR) is 206 cm³/mol. The number of piperidine rings is 2. The highest BCUT2D eigenvalue weighted by Crippen LogP contribution is 2.68. The summed E-state index contributed by atoms with van der Waals surface area (Å²) < 4.78 is 48.7. The van der Waals surface area contributed by atoms with Crippen molar-refractivity contribution >= 4 is 18.1 Å². The highest BCUT2D eigenvalue weighted by molar-refractivity contribution is 5.90. The number of likely N-dealkylation sites (N-methyl/N-ethyl adjacent to an activating group) is 2. The number of ketones is 1. The van der Waals surface area contributed by atoms with E-state index in [1.54, 1.807) is 14.2 Å². The van der Waals surface area contributed by atoms with E-state index in [4.69, 9.17) is 37.9 Å². The smallest absolute Gasteiger partial charge is 0.493 e. The number of methoxy groups -OCH3 is 2. The Morgan fingerprint density at radius 1 is 0.741 bits per heavy atom. The second-order valence-corrected chi connectivity index (χ2v) is 17.8. The van der Waals surface area contributed by atoms with Gasteiger partial charge in [-0.25, -0.2) is 9.59 Å². The van der Waals surface area contributed by atoms with E-state index in [0.717, 1.165) is 48.2 Å². The Morgan fingerprint density at radius 3 is 1.86 bits per heavy atom. The van der Waals surface area contributed by atoms with Gasteiger partial charge in [0.2, 0.25) is 0 Å². The molecule has 0 aromatic heterocycles. The topological polar surface area (TPSA) is 152 Å². The summed E-state index contributed by atoms with van der Waals surface area (Å²) in [6.45, 7) is 1.91. The number of likely N-dealkylation sites (tertiary alicyclic amines) is 2. The number of rotatable bonds is 11. The first-order chi connectivity index (χ1) is 28.0. The molecule has 312 valence electrons. The fourth-order valence-corrected chi connectivity index (χ4v) is 13.1. The second-order valence-electron chi connectivity index (χ2n) is 17.8. The maximum atomic E-state index is 13.5. The van der Waals surface area contributed by atoms with E-state index in [1.165, 1.54) is 0 Å². The fourth-order valence-electron chi connectivity index (χ4n) is 13.1. The summed E-state index contributed by atoms with van der Waals surface area (Å²) in [5, 5.41) is 11.3. The number of aliphatic hydroxyl groups is 1. The summed E-state index contributed by atoms with van der Waals surface area (Å²) in [6, 6.07) is 7.75. The third kappa shape index (κ3) is 4.91. The third-order valence-electron chi connectivity index (χ3n) is 15.6. The van der Waals surface area contributed by atoms with E-state index in [0.29, 0.717) is 80.8 Å². The van der Waals surface area contributed by atoms with Crippen LogP contribution in [0.15, 0.2) is 24.3 Å². The molecule has 58 heavy (non-hydrogen) atoms. The van der Waals surface area contributed by atoms with Crippen LogP contribution in [0.25, 0.3) is 0 Å². The molecule has 14 heteroatoms. The summed E-state index contributed by atoms with van der Waals surface area (Å²) >= 11 is 0. The average Bonchev–Trinajstić information content (AvgIpc) is 3.76. The van der Waals surface area contributed by atoms with Gasteiger partial charge in [0, 0.05) is 17.5 Å². The van der Waals surface area contributed by atoms with E-state index >= 15 is 0 Å². The third-order valence-corrected chi connectivity index (χ3v) is 15.6. The summed E-state index contributed by atoms with van der Waals surface area (Å²) in [7, 11) is 7.34. The molecule has 9 atom stereocenters. The van der Waals surface area contributed by atoms with Crippen molar-refractivity contribution in [3.8, 4) is 23.0 Å². The minimum absolute atomic E-state index is 0.0269. The van der Waals surface area contributed by atoms with Gasteiger partial charge in [0.05, 0.1) is 56.5 Å². The molecular weight excluding hydrogens is 748 g/mol. The number of nitrogens with zero attached hydrogens (tertiary/aromatic N) is 2. The van der Waals surface area contributed by atoms with Gasteiger partial charge in [-0.15, -0.1) is 0 Å². The Labute approximate surface area is 338 Å². The van der Waals surface area contributed by atoms with Crippen LogP contribution < -0.4 is 18.9 Å². The lowest BCUT2D eigenvalue weighted by Gasteiger charge is -2.64. The van der Waals surface area contributed by atoms with Crippen LogP contribution >= 0.6 is 0 Å². The number of benzene rings is 2. The van der Waals surface area contributed by atoms with Gasteiger partial charge in [-0.3, -0.25) is 14.6 Å². The zero-order valence-electron chi connectivity index (χ0n) is 33.8. The molecule has 4 aliphatic carbocycles. The molecule has 4 fully saturated rings. The molecule has 2 saturated heterocycles. The first kappa shape index (κ1) is 38.0. The number of aliphatic hydroxyl groups excluding tert-OH is 1. The SMILES string of the molecule is COc1ccc2c3c1O[C@H]1C(=O)CC[C@@]4(OC(=O)OCCCCCCOC(=O)O[C@@]56CCC(O)[C@@H]7Oc8c(OC)ccc9c8C75CCN(C)[C@@H]6C9)[C@@H](C2)N(C)CCC314. The Hall–Kier alpha value is -4.27. The standard InChI is InChI=1S/C44H54N2O12/c1-45-19-17-41-33-25-9-11-29(51-3)35(33)55-37(41)27(47)13-15-43(41,31(45)23-25)57-39(49)53-21-7-5-6-8-22-54-40(50)58-44-16-14-28(48)38-42(44)18-20-46(2)32(44)24-26-10-12-30(52-4)36(56-38)34(26)42/h9-12,27,31-32,37-38,47H,5-8,13-24H2,1-4H3/t27?,31-,32-,37+,38+,41?,42?,43-,44-/m1/s1. The normalized spacial score (nSPS) is 35.8. The molecule has 4 aliphatic heterocycles. The molecule has 2 spiro atoms. The van der Waals surface area contributed by atoms with Gasteiger partial charge in [0.25, 0.3) is 0 Å². The van der Waals surface area contributed by atoms with Gasteiger partial charge in [-0.2, -0.15) is 0 Å². The molecule has 10 rings (SSSR count). The van der Waals surface area contributed by atoms with Crippen LogP contribution in [-0.2, 0) is 47.4 Å². The van der Waals surface area contributed by atoms with Crippen molar-refractivity contribution < 1.29 is 57.4 Å². The van der Waals surface area contributed by atoms with E-state index in [9.17, 15) is 19.5 Å². The van der Waals surface area contributed by atoms with Crippen LogP contribution in [0.5, 0.6) is 23.0 Å². The maximum Gasteiger partial charge on any atom is 0.508 e. The molecule has 3 unspecified atom stereocenters. The molecule has 2 aromatic rings. The van der Waals surface area contributed by atoms with Crippen LogP contribution in [0.1, 0.15) is 86.5 Å². The number of Topliss-reactive ketones (excluding diaryl/α,β-unsaturated/α-hetero) is 1. The molecule has 8 aliphatic rings. The number of hydrogen-bond donors (Lipinski definition) is 1. The predicted octanol–water partition coefficient (Wildman–Crippen LogP) is 4.78. The molecule has 0 amide bonds. The van der Waals surface area contributed by atoms with Gasteiger partial charge >= 0.3 is 12.3 Å². The monoisotopic (exact) mass is 802 g/mol. The Morgan fingerprint density at radius 2 is 1.28 bits per heavy atom. The minimum atomic E-state index is -0.973. The molecule has 2 aromatic carbocycles. The molecule has 1 N–H and O–H groups in total. The lowest BCUT2D eigenvalue weighted by atomic mass is 9.48. The van der Waals surface area contributed by atoms with Gasteiger partial charge in [-0.05, 0) is 121 Å². The quantitative estimate of drug-likeness (QED) is 0.245. The molecule has 2 saturated carbocycles. The van der Waals surface area contributed by atoms with Crippen molar-refractivity contribution in [2.24, 2.45) is 0 Å². The van der Waals surface area contributed by atoms with Crippen molar-refractivity contribution in [2.75, 3.05) is 54.6 Å². The van der Waals surface area contributed by atoms with Crippen LogP contribution in [0.4, 0.5) is 9.59 Å². The van der Waals surface area contributed by atoms with E-state index in [2.05, 4.69) is 36.0 Å². The van der Waals surface area contributed by atoms with Crippen LogP contribution in [-0.4, -0.2) is 129 Å². The van der Waals surface area contributed by atoms with Crippen LogP contribution in [0.3, 0.4) is 0 Å². The van der Waals surface area contributed by atoms with Gasteiger partial charge < -0.3 is 43.0 Å². The highest BCUT2D eigenvalue weighted by Gasteiger charge is 2.77. The summed E-state index contributed by atoms with van der Waals surface area (Å²) in [6.07, 6.45) is 3.60. The number of unbranched alkanes of at least 4 members (excludes halogenated alkanes) is 3. The molecule has 4 bridgehead atoms. The van der Waals surface area contributed by atoms with Crippen molar-refractivity contribution in [3.05, 3.63) is 46.5 Å². The van der Waals surface area contributed by atoms with Crippen LogP contribution in [0, 0.1) is 0 Å². The summed E-state index contributed by atoms with van der Waals surface area (Å²) in [5.74, 6) is 2.49. The first-order valence-corrected chi connectivity index (χ1v) is 21.1. The fraction of sp³-hybridized carbons (Fsp3) is 0.659. The molecule has 4 heterocycles. The van der Waals surface area contributed by atoms with Gasteiger partial charge in [-0.1, -0.05) is 12.1 Å². The van der Waals surface area contributed by atoms with E-state index in [1.807, 2.05) is 12.1 Å². The van der Waals surface area contributed by atoms with Crippen molar-refractivity contribution in [3.63, 3.8) is 0 Å². The van der Waals surface area contributed by atoms with Crippen molar-refractivity contribution in [1.29, 1.82) is 0 Å². The highest BCUT2D eigenvalue weighted by atomic mass is 16.7. The molecule has 14 nitrogen and oxygen atoms in total. The van der Waals surface area contributed by atoms with E-state index in [-0.39, 0.29) is 37.5 Å². The first-order valence-electron chi connectivity index (χ1n) is 21.1. The van der Waals surface area contributed by atoms with E-state index < -0.39 is 52.7 Å². The van der Waals surface area contributed by atoms with Crippen molar-refractivity contribution in [2.45, 2.75) is 129 Å². The number of hydrogen-bond acceptors (Lipinski definition) is 14.